The number of nitrogens with one attached hydrogen (secondary N) is 1. The van der Waals surface area contributed by atoms with E-state index < -0.39 is 0 Å². The van der Waals surface area contributed by atoms with Crippen LogP contribution in [0.15, 0.2) is 91.0 Å². The van der Waals surface area contributed by atoms with Gasteiger partial charge >= 0.3 is 0 Å². The van der Waals surface area contributed by atoms with Crippen LogP contribution in [-0.4, -0.2) is 13.1 Å². The van der Waals surface area contributed by atoms with Crippen molar-refractivity contribution in [2.75, 3.05) is 13.1 Å². The Balaban J connectivity index is 0.000000431. The van der Waals surface area contributed by atoms with E-state index in [9.17, 15) is 0 Å². The highest BCUT2D eigenvalue weighted by atomic mass is 14.8. The summed E-state index contributed by atoms with van der Waals surface area (Å²) in [5.74, 6) is 0.465. The lowest BCUT2D eigenvalue weighted by Gasteiger charge is -2.18. The van der Waals surface area contributed by atoms with Gasteiger partial charge in [-0.25, -0.2) is 0 Å². The maximum absolute atomic E-state index is 3.11. The predicted molar refractivity (Wildman–Crippen MR) is 114 cm³/mol. The SMILES string of the molecule is CCNCC.c1ccc(CCC(c2ccccc2)c2ccccc2)cc1. The monoisotopic (exact) mass is 345 g/mol. The zero-order valence-corrected chi connectivity index (χ0v) is 16.1. The van der Waals surface area contributed by atoms with Gasteiger partial charge in [0.25, 0.3) is 0 Å². The number of rotatable bonds is 7. The second kappa shape index (κ2) is 12.1. The first-order valence-corrected chi connectivity index (χ1v) is 9.69. The van der Waals surface area contributed by atoms with Crippen LogP contribution in [0.1, 0.15) is 42.9 Å². The van der Waals surface area contributed by atoms with Crippen molar-refractivity contribution < 1.29 is 0 Å². The molecule has 3 aromatic rings. The number of benzene rings is 3. The smallest absolute Gasteiger partial charge is 0.00925 e. The third-order valence-corrected chi connectivity index (χ3v) is 4.47. The summed E-state index contributed by atoms with van der Waals surface area (Å²) in [6, 6.07) is 32.4. The van der Waals surface area contributed by atoms with Gasteiger partial charge < -0.3 is 5.32 Å². The summed E-state index contributed by atoms with van der Waals surface area (Å²) in [7, 11) is 0. The molecule has 1 N–H and O–H groups in total. The first-order chi connectivity index (χ1) is 12.8. The summed E-state index contributed by atoms with van der Waals surface area (Å²) in [6.45, 7) is 6.39. The van der Waals surface area contributed by atoms with E-state index in [-0.39, 0.29) is 0 Å². The van der Waals surface area contributed by atoms with Crippen LogP contribution in [0.5, 0.6) is 0 Å². The lowest BCUT2D eigenvalue weighted by atomic mass is 9.86. The highest BCUT2D eigenvalue weighted by Gasteiger charge is 2.13. The van der Waals surface area contributed by atoms with E-state index in [0.29, 0.717) is 5.92 Å². The fourth-order valence-electron chi connectivity index (χ4n) is 3.10. The average Bonchev–Trinajstić information content (AvgIpc) is 2.72. The molecule has 1 nitrogen and oxygen atoms in total. The van der Waals surface area contributed by atoms with Gasteiger partial charge in [-0.2, -0.15) is 0 Å². The van der Waals surface area contributed by atoms with Gasteiger partial charge in [0.05, 0.1) is 0 Å². The van der Waals surface area contributed by atoms with Crippen LogP contribution in [0.2, 0.25) is 0 Å². The van der Waals surface area contributed by atoms with Crippen molar-refractivity contribution in [2.24, 2.45) is 0 Å². The Labute approximate surface area is 159 Å². The molecule has 0 saturated carbocycles. The molecule has 0 spiro atoms. The highest BCUT2D eigenvalue weighted by Crippen LogP contribution is 2.29. The quantitative estimate of drug-likeness (QED) is 0.548. The Hall–Kier alpha value is -2.38. The van der Waals surface area contributed by atoms with Crippen LogP contribution in [-0.2, 0) is 6.42 Å². The molecule has 1 heteroatoms. The summed E-state index contributed by atoms with van der Waals surface area (Å²) in [4.78, 5) is 0. The molecule has 0 aliphatic carbocycles. The number of hydrogen-bond donors (Lipinski definition) is 1. The molecule has 0 amide bonds. The Morgan fingerprint density at radius 2 is 1.04 bits per heavy atom. The van der Waals surface area contributed by atoms with Crippen molar-refractivity contribution in [1.82, 2.24) is 5.32 Å². The first-order valence-electron chi connectivity index (χ1n) is 9.69. The molecule has 136 valence electrons. The van der Waals surface area contributed by atoms with E-state index in [1.54, 1.807) is 0 Å². The minimum atomic E-state index is 0.465. The van der Waals surface area contributed by atoms with Crippen molar-refractivity contribution in [1.29, 1.82) is 0 Å². The molecule has 3 rings (SSSR count). The zero-order valence-electron chi connectivity index (χ0n) is 16.1. The molecular formula is C25H31N. The van der Waals surface area contributed by atoms with E-state index in [1.807, 2.05) is 0 Å². The van der Waals surface area contributed by atoms with Gasteiger partial charge in [0, 0.05) is 5.92 Å². The average molecular weight is 346 g/mol. The topological polar surface area (TPSA) is 12.0 Å². The molecule has 0 unspecified atom stereocenters. The lowest BCUT2D eigenvalue weighted by molar-refractivity contribution is 0.715. The van der Waals surface area contributed by atoms with E-state index in [2.05, 4.69) is 110 Å². The molecule has 0 aliphatic heterocycles. The van der Waals surface area contributed by atoms with Crippen LogP contribution in [0.4, 0.5) is 0 Å². The predicted octanol–water partition coefficient (Wildman–Crippen LogP) is 6.07. The third kappa shape index (κ3) is 6.85. The van der Waals surface area contributed by atoms with E-state index >= 15 is 0 Å². The van der Waals surface area contributed by atoms with Crippen LogP contribution >= 0.6 is 0 Å². The Morgan fingerprint density at radius 3 is 1.42 bits per heavy atom. The summed E-state index contributed by atoms with van der Waals surface area (Å²) < 4.78 is 0. The van der Waals surface area contributed by atoms with Crippen molar-refractivity contribution >= 4 is 0 Å². The third-order valence-electron chi connectivity index (χ3n) is 4.47. The van der Waals surface area contributed by atoms with E-state index in [0.717, 1.165) is 25.9 Å². The van der Waals surface area contributed by atoms with Crippen molar-refractivity contribution in [3.63, 3.8) is 0 Å². The van der Waals surface area contributed by atoms with Gasteiger partial charge in [0.1, 0.15) is 0 Å². The van der Waals surface area contributed by atoms with Gasteiger partial charge in [-0.1, -0.05) is 105 Å². The summed E-state index contributed by atoms with van der Waals surface area (Å²) in [6.07, 6.45) is 2.24. The van der Waals surface area contributed by atoms with E-state index in [4.69, 9.17) is 0 Å². The molecule has 0 fully saturated rings. The number of hydrogen-bond acceptors (Lipinski definition) is 1. The normalized spacial score (nSPS) is 10.3. The summed E-state index contributed by atoms with van der Waals surface area (Å²) in [5.41, 5.74) is 4.22. The largest absolute Gasteiger partial charge is 0.317 e. The molecule has 0 heterocycles. The minimum absolute atomic E-state index is 0.465. The Kier molecular flexibility index (Phi) is 9.24. The maximum Gasteiger partial charge on any atom is 0.00925 e. The number of aryl methyl sites for hydroxylation is 1. The molecule has 0 aromatic heterocycles. The van der Waals surface area contributed by atoms with Gasteiger partial charge in [-0.15, -0.1) is 0 Å². The van der Waals surface area contributed by atoms with Crippen LogP contribution in [0.3, 0.4) is 0 Å². The van der Waals surface area contributed by atoms with Crippen LogP contribution in [0, 0.1) is 0 Å². The Bertz CT molecular complexity index is 650. The lowest BCUT2D eigenvalue weighted by Crippen LogP contribution is -2.09. The second-order valence-electron chi connectivity index (χ2n) is 6.36. The highest BCUT2D eigenvalue weighted by molar-refractivity contribution is 5.32. The zero-order chi connectivity index (χ0) is 18.5. The van der Waals surface area contributed by atoms with E-state index in [1.165, 1.54) is 16.7 Å². The molecule has 3 aromatic carbocycles. The van der Waals surface area contributed by atoms with Gasteiger partial charge in [-0.3, -0.25) is 0 Å². The van der Waals surface area contributed by atoms with Crippen molar-refractivity contribution in [2.45, 2.75) is 32.6 Å². The molecular weight excluding hydrogens is 314 g/mol. The summed E-state index contributed by atoms with van der Waals surface area (Å²) >= 11 is 0. The van der Waals surface area contributed by atoms with Gasteiger partial charge in [0.15, 0.2) is 0 Å². The molecule has 0 bridgehead atoms. The molecule has 0 aliphatic rings. The standard InChI is InChI=1S/C21H20.C4H11N/c1-4-10-18(11-5-1)16-17-21(19-12-6-2-7-13-19)20-14-8-3-9-15-20;1-3-5-4-2/h1-15,21H,16-17H2;5H,3-4H2,1-2H3. The van der Waals surface area contributed by atoms with Crippen LogP contribution in [0.25, 0.3) is 0 Å². The van der Waals surface area contributed by atoms with Crippen molar-refractivity contribution in [3.05, 3.63) is 108 Å². The fraction of sp³-hybridized carbons (Fsp3) is 0.280. The maximum atomic E-state index is 3.11. The van der Waals surface area contributed by atoms with Gasteiger partial charge in [-0.05, 0) is 42.6 Å². The molecule has 26 heavy (non-hydrogen) atoms. The first kappa shape index (κ1) is 19.9. The van der Waals surface area contributed by atoms with Gasteiger partial charge in [0.2, 0.25) is 0 Å². The molecule has 0 radical (unpaired) electrons. The second-order valence-corrected chi connectivity index (χ2v) is 6.36. The fourth-order valence-corrected chi connectivity index (χ4v) is 3.10. The van der Waals surface area contributed by atoms with Crippen molar-refractivity contribution in [3.8, 4) is 0 Å². The molecule has 0 atom stereocenters. The summed E-state index contributed by atoms with van der Waals surface area (Å²) in [5, 5.41) is 3.11. The minimum Gasteiger partial charge on any atom is -0.317 e. The Morgan fingerprint density at radius 1 is 0.615 bits per heavy atom. The molecule has 0 saturated heterocycles. The van der Waals surface area contributed by atoms with Crippen LogP contribution < -0.4 is 5.32 Å².